The molecule has 1 atom stereocenters. The van der Waals surface area contributed by atoms with Gasteiger partial charge in [0.05, 0.1) is 17.2 Å². The Morgan fingerprint density at radius 3 is 2.80 bits per heavy atom. The zero-order valence-corrected chi connectivity index (χ0v) is 11.1. The van der Waals surface area contributed by atoms with Gasteiger partial charge in [-0.05, 0) is 12.0 Å². The first-order valence-corrected chi connectivity index (χ1v) is 6.41. The molecule has 3 rings (SSSR count). The van der Waals surface area contributed by atoms with Gasteiger partial charge in [-0.3, -0.25) is 0 Å². The summed E-state index contributed by atoms with van der Waals surface area (Å²) in [6.45, 7) is 2.03. The second-order valence-corrected chi connectivity index (χ2v) is 4.69. The fraction of sp³-hybridized carbons (Fsp3) is 0.200. The zero-order chi connectivity index (χ0) is 14.2. The lowest BCUT2D eigenvalue weighted by atomic mass is 9.67. The summed E-state index contributed by atoms with van der Waals surface area (Å²) in [5.41, 5.74) is 7.61. The highest BCUT2D eigenvalue weighted by Crippen LogP contribution is 2.48. The van der Waals surface area contributed by atoms with Crippen molar-refractivity contribution in [3.63, 3.8) is 0 Å². The van der Waals surface area contributed by atoms with Crippen molar-refractivity contribution in [2.75, 3.05) is 0 Å². The van der Waals surface area contributed by atoms with Crippen molar-refractivity contribution in [1.29, 1.82) is 5.26 Å². The Kier molecular flexibility index (Phi) is 2.72. The summed E-state index contributed by atoms with van der Waals surface area (Å²) in [6, 6.07) is 12.1. The fourth-order valence-electron chi connectivity index (χ4n) is 2.91. The highest BCUT2D eigenvalue weighted by molar-refractivity contribution is 5.58. The highest BCUT2D eigenvalue weighted by atomic mass is 16.5. The second kappa shape index (κ2) is 4.42. The van der Waals surface area contributed by atoms with Crippen LogP contribution in [0.25, 0.3) is 0 Å². The van der Waals surface area contributed by atoms with Crippen LogP contribution in [0.5, 0.6) is 5.88 Å². The normalized spacial score (nSPS) is 21.0. The Morgan fingerprint density at radius 1 is 1.40 bits per heavy atom. The van der Waals surface area contributed by atoms with Crippen LogP contribution in [0.3, 0.4) is 0 Å². The van der Waals surface area contributed by atoms with Crippen molar-refractivity contribution in [1.82, 2.24) is 10.2 Å². The minimum atomic E-state index is -0.610. The molecule has 0 radical (unpaired) electrons. The molecule has 0 bridgehead atoms. The summed E-state index contributed by atoms with van der Waals surface area (Å²) < 4.78 is 5.47. The van der Waals surface area contributed by atoms with E-state index in [1.165, 1.54) is 0 Å². The van der Waals surface area contributed by atoms with Gasteiger partial charge in [-0.2, -0.15) is 10.4 Å². The first-order chi connectivity index (χ1) is 9.74. The molecular formula is C15H14N4O. The Hall–Kier alpha value is -2.74. The topological polar surface area (TPSA) is 87.7 Å². The van der Waals surface area contributed by atoms with E-state index in [9.17, 15) is 5.26 Å². The van der Waals surface area contributed by atoms with Gasteiger partial charge >= 0.3 is 0 Å². The van der Waals surface area contributed by atoms with Crippen LogP contribution < -0.4 is 10.5 Å². The monoisotopic (exact) mass is 266 g/mol. The SMILES string of the molecule is CCC1(c2ccccc2)C(C#N)=C(N)Oc2[nH]ncc21. The van der Waals surface area contributed by atoms with Gasteiger partial charge in [0, 0.05) is 0 Å². The number of fused-ring (bicyclic) bond motifs is 1. The molecule has 0 aliphatic carbocycles. The number of rotatable bonds is 2. The van der Waals surface area contributed by atoms with Gasteiger partial charge in [-0.25, -0.2) is 5.10 Å². The molecule has 0 spiro atoms. The van der Waals surface area contributed by atoms with Crippen LogP contribution in [-0.4, -0.2) is 10.2 Å². The first-order valence-electron chi connectivity index (χ1n) is 6.41. The van der Waals surface area contributed by atoms with Crippen molar-refractivity contribution in [2.24, 2.45) is 5.73 Å². The summed E-state index contributed by atoms with van der Waals surface area (Å²) in [5.74, 6) is 0.641. The van der Waals surface area contributed by atoms with Crippen molar-refractivity contribution in [2.45, 2.75) is 18.8 Å². The van der Waals surface area contributed by atoms with Gasteiger partial charge in [-0.1, -0.05) is 37.3 Å². The van der Waals surface area contributed by atoms with Crippen LogP contribution in [0.1, 0.15) is 24.5 Å². The third-order valence-electron chi connectivity index (χ3n) is 3.86. The minimum absolute atomic E-state index is 0.134. The minimum Gasteiger partial charge on any atom is -0.422 e. The standard InChI is InChI=1S/C15H14N4O/c1-2-15(10-6-4-3-5-7-10)11(8-16)13(17)20-14-12(15)9-18-19-14/h3-7,9H,2,17H2,1H3,(H,18,19). The number of nitrogens with one attached hydrogen (secondary N) is 1. The molecule has 3 N–H and O–H groups in total. The largest absolute Gasteiger partial charge is 0.422 e. The molecule has 1 aliphatic heterocycles. The number of ether oxygens (including phenoxy) is 1. The van der Waals surface area contributed by atoms with Crippen molar-refractivity contribution in [3.05, 3.63) is 59.1 Å². The maximum Gasteiger partial charge on any atom is 0.221 e. The number of aromatic amines is 1. The lowest BCUT2D eigenvalue weighted by molar-refractivity contribution is 0.353. The molecule has 2 heterocycles. The van der Waals surface area contributed by atoms with Crippen LogP contribution >= 0.6 is 0 Å². The Balaban J connectivity index is 2.36. The van der Waals surface area contributed by atoms with Gasteiger partial charge in [0.25, 0.3) is 0 Å². The van der Waals surface area contributed by atoms with Gasteiger partial charge in [0.2, 0.25) is 11.8 Å². The van der Waals surface area contributed by atoms with Gasteiger partial charge in [-0.15, -0.1) is 0 Å². The summed E-state index contributed by atoms with van der Waals surface area (Å²) in [4.78, 5) is 0. The fourth-order valence-corrected chi connectivity index (χ4v) is 2.91. The summed E-state index contributed by atoms with van der Waals surface area (Å²) in [7, 11) is 0. The van der Waals surface area contributed by atoms with Crippen LogP contribution in [0.2, 0.25) is 0 Å². The van der Waals surface area contributed by atoms with E-state index in [0.717, 1.165) is 11.1 Å². The third kappa shape index (κ3) is 1.45. The number of hydrogen-bond donors (Lipinski definition) is 2. The van der Waals surface area contributed by atoms with E-state index in [0.29, 0.717) is 17.9 Å². The van der Waals surface area contributed by atoms with Crippen molar-refractivity contribution in [3.8, 4) is 11.9 Å². The van der Waals surface area contributed by atoms with Crippen LogP contribution in [0, 0.1) is 11.3 Å². The van der Waals surface area contributed by atoms with Crippen LogP contribution in [0.15, 0.2) is 48.0 Å². The lowest BCUT2D eigenvalue weighted by Gasteiger charge is -2.36. The molecule has 5 heteroatoms. The molecule has 20 heavy (non-hydrogen) atoms. The zero-order valence-electron chi connectivity index (χ0n) is 11.1. The molecule has 0 amide bonds. The number of nitrogens with zero attached hydrogens (tertiary/aromatic N) is 2. The molecule has 0 saturated carbocycles. The summed E-state index contributed by atoms with van der Waals surface area (Å²) in [5, 5.41) is 16.4. The van der Waals surface area contributed by atoms with Gasteiger partial charge < -0.3 is 10.5 Å². The number of nitrogens with two attached hydrogens (primary N) is 1. The molecular weight excluding hydrogens is 252 g/mol. The van der Waals surface area contributed by atoms with E-state index in [2.05, 4.69) is 16.3 Å². The van der Waals surface area contributed by atoms with Crippen LogP contribution in [-0.2, 0) is 5.41 Å². The van der Waals surface area contributed by atoms with Gasteiger partial charge in [0.15, 0.2) is 0 Å². The van der Waals surface area contributed by atoms with E-state index < -0.39 is 5.41 Å². The molecule has 1 unspecified atom stereocenters. The quantitative estimate of drug-likeness (QED) is 0.872. The predicted molar refractivity (Wildman–Crippen MR) is 73.6 cm³/mol. The van der Waals surface area contributed by atoms with Crippen LogP contribution in [0.4, 0.5) is 0 Å². The highest BCUT2D eigenvalue weighted by Gasteiger charge is 2.45. The number of benzene rings is 1. The average Bonchev–Trinajstić information content (AvgIpc) is 2.95. The Labute approximate surface area is 116 Å². The number of aromatic nitrogens is 2. The first kappa shape index (κ1) is 12.3. The second-order valence-electron chi connectivity index (χ2n) is 4.69. The number of allylic oxidation sites excluding steroid dienone is 1. The number of nitriles is 1. The van der Waals surface area contributed by atoms with Crippen molar-refractivity contribution >= 4 is 0 Å². The van der Waals surface area contributed by atoms with E-state index in [4.69, 9.17) is 10.5 Å². The molecule has 1 aromatic heterocycles. The third-order valence-corrected chi connectivity index (χ3v) is 3.86. The molecule has 100 valence electrons. The van der Waals surface area contributed by atoms with E-state index >= 15 is 0 Å². The summed E-state index contributed by atoms with van der Waals surface area (Å²) in [6.07, 6.45) is 2.39. The molecule has 1 aliphatic rings. The van der Waals surface area contributed by atoms with E-state index in [1.54, 1.807) is 6.20 Å². The maximum atomic E-state index is 9.55. The number of hydrogen-bond acceptors (Lipinski definition) is 4. The van der Waals surface area contributed by atoms with Gasteiger partial charge in [0.1, 0.15) is 11.6 Å². The van der Waals surface area contributed by atoms with E-state index in [1.807, 2.05) is 37.3 Å². The molecule has 1 aromatic carbocycles. The lowest BCUT2D eigenvalue weighted by Crippen LogP contribution is -2.35. The Morgan fingerprint density at radius 2 is 2.15 bits per heavy atom. The van der Waals surface area contributed by atoms with Crippen molar-refractivity contribution < 1.29 is 4.74 Å². The van der Waals surface area contributed by atoms with E-state index in [-0.39, 0.29) is 5.88 Å². The predicted octanol–water partition coefficient (Wildman–Crippen LogP) is 2.19. The number of H-pyrrole nitrogens is 1. The summed E-state index contributed by atoms with van der Waals surface area (Å²) >= 11 is 0. The molecule has 0 fully saturated rings. The average molecular weight is 266 g/mol. The molecule has 2 aromatic rings. The smallest absolute Gasteiger partial charge is 0.221 e. The Bertz CT molecular complexity index is 711. The maximum absolute atomic E-state index is 9.55. The molecule has 0 saturated heterocycles. The molecule has 5 nitrogen and oxygen atoms in total.